The topological polar surface area (TPSA) is 135 Å². The fourth-order valence-electron chi connectivity index (χ4n) is 8.53. The Morgan fingerprint density at radius 3 is 2.06 bits per heavy atom. The Balaban J connectivity index is 2.27. The number of nitrogens with two attached hydrogens (primary N) is 2. The van der Waals surface area contributed by atoms with E-state index in [0.717, 1.165) is 24.8 Å². The molecule has 4 N–H and O–H groups in total. The maximum atomic E-state index is 14.4. The second-order valence-electron chi connectivity index (χ2n) is 15.8. The maximum Gasteiger partial charge on any atom is 0.227 e. The monoisotopic (exact) mass is 717 g/mol. The number of carbonyl (C=O) groups excluding carboxylic acids is 3. The zero-order chi connectivity index (χ0) is 38.7. The van der Waals surface area contributed by atoms with E-state index in [-0.39, 0.29) is 66.1 Å². The molecule has 11 nitrogen and oxygen atoms in total. The smallest absolute Gasteiger partial charge is 0.227 e. The Kier molecular flexibility index (Phi) is 17.9. The lowest BCUT2D eigenvalue weighted by molar-refractivity contribution is -0.150. The van der Waals surface area contributed by atoms with E-state index in [0.29, 0.717) is 25.2 Å². The van der Waals surface area contributed by atoms with Crippen molar-refractivity contribution in [2.24, 2.45) is 35.3 Å². The molecule has 0 aromatic heterocycles. The number of carbonyl (C=O) groups is 3. The highest BCUT2D eigenvalue weighted by molar-refractivity contribution is 5.81. The van der Waals surface area contributed by atoms with E-state index in [1.807, 2.05) is 62.1 Å². The van der Waals surface area contributed by atoms with Crippen LogP contribution in [0.3, 0.4) is 0 Å². The third-order valence-corrected chi connectivity index (χ3v) is 11.5. The number of likely N-dealkylation sites (tertiary alicyclic amines) is 1. The average Bonchev–Trinajstić information content (AvgIpc) is 3.56. The molecule has 2 rings (SSSR count). The molecule has 0 saturated carbocycles. The second-order valence-corrected chi connectivity index (χ2v) is 15.8. The number of ether oxygens (including phenoxy) is 2. The standard InChI is InChI=1S/C40H72N6O5/c1-14-27(6)37(45(11)40(49)34(25(2)3)35(42)36(26(4)5)43(8)9)32(50-12)24-33(47)46-22-17-20-31(46)38(51-13)28(7)39(48)44(10)23-21-29-18-15-16-19-30(29)41/h15-16,18-19,25-28,31-32,34-38H,14,17,20-24,41-42H2,1-13H3/t27-,28+,31-,32+,34-,35?,36+,37-,38+/m0/s1. The number of nitrogen functional groups attached to an aromatic ring is 1. The van der Waals surface area contributed by atoms with Crippen LogP contribution in [0.2, 0.25) is 0 Å². The van der Waals surface area contributed by atoms with Crippen molar-refractivity contribution in [3.05, 3.63) is 29.8 Å². The molecule has 1 heterocycles. The fourth-order valence-corrected chi connectivity index (χ4v) is 8.53. The Labute approximate surface area is 309 Å². The predicted octanol–water partition coefficient (Wildman–Crippen LogP) is 4.38. The van der Waals surface area contributed by atoms with Gasteiger partial charge < -0.3 is 40.5 Å². The minimum absolute atomic E-state index is 0.0188. The van der Waals surface area contributed by atoms with Crippen molar-refractivity contribution in [2.75, 3.05) is 61.2 Å². The third-order valence-electron chi connectivity index (χ3n) is 11.5. The minimum atomic E-state index is -0.530. The zero-order valence-electron chi connectivity index (χ0n) is 34.1. The van der Waals surface area contributed by atoms with E-state index < -0.39 is 24.0 Å². The summed E-state index contributed by atoms with van der Waals surface area (Å²) in [5.41, 5.74) is 14.8. The van der Waals surface area contributed by atoms with Crippen molar-refractivity contribution in [3.63, 3.8) is 0 Å². The van der Waals surface area contributed by atoms with Gasteiger partial charge in [0.05, 0.1) is 42.5 Å². The van der Waals surface area contributed by atoms with Gasteiger partial charge in [-0.2, -0.15) is 0 Å². The first-order chi connectivity index (χ1) is 23.9. The number of nitrogens with zero attached hydrogens (tertiary/aromatic N) is 4. The lowest BCUT2D eigenvalue weighted by atomic mass is 9.79. The van der Waals surface area contributed by atoms with Gasteiger partial charge in [0.25, 0.3) is 0 Å². The zero-order valence-corrected chi connectivity index (χ0v) is 34.1. The Morgan fingerprint density at radius 2 is 1.55 bits per heavy atom. The first kappa shape index (κ1) is 44.4. The van der Waals surface area contributed by atoms with Gasteiger partial charge in [0.15, 0.2) is 0 Å². The first-order valence-electron chi connectivity index (χ1n) is 19.1. The molecule has 51 heavy (non-hydrogen) atoms. The van der Waals surface area contributed by atoms with E-state index in [9.17, 15) is 14.4 Å². The van der Waals surface area contributed by atoms with Gasteiger partial charge in [-0.15, -0.1) is 0 Å². The number of amides is 3. The molecule has 1 aliphatic heterocycles. The van der Waals surface area contributed by atoms with Gasteiger partial charge in [0.2, 0.25) is 17.7 Å². The summed E-state index contributed by atoms with van der Waals surface area (Å²) in [6, 6.07) is 6.76. The summed E-state index contributed by atoms with van der Waals surface area (Å²) in [7, 11) is 10.9. The summed E-state index contributed by atoms with van der Waals surface area (Å²) in [6.45, 7) is 15.6. The minimum Gasteiger partial charge on any atom is -0.399 e. The predicted molar refractivity (Wildman–Crippen MR) is 207 cm³/mol. The van der Waals surface area contributed by atoms with Crippen molar-refractivity contribution in [1.29, 1.82) is 0 Å². The van der Waals surface area contributed by atoms with Crippen LogP contribution in [-0.2, 0) is 30.3 Å². The van der Waals surface area contributed by atoms with Gasteiger partial charge in [-0.1, -0.05) is 73.1 Å². The summed E-state index contributed by atoms with van der Waals surface area (Å²) in [4.78, 5) is 49.8. The summed E-state index contributed by atoms with van der Waals surface area (Å²) in [6.07, 6.45) is 2.14. The van der Waals surface area contributed by atoms with E-state index >= 15 is 0 Å². The van der Waals surface area contributed by atoms with Crippen molar-refractivity contribution >= 4 is 23.4 Å². The molecule has 9 atom stereocenters. The van der Waals surface area contributed by atoms with Crippen molar-refractivity contribution in [3.8, 4) is 0 Å². The Morgan fingerprint density at radius 1 is 0.922 bits per heavy atom. The van der Waals surface area contributed by atoms with Gasteiger partial charge in [0, 0.05) is 59.2 Å². The van der Waals surface area contributed by atoms with Gasteiger partial charge in [0.1, 0.15) is 0 Å². The average molecular weight is 717 g/mol. The fraction of sp³-hybridized carbons (Fsp3) is 0.775. The van der Waals surface area contributed by atoms with Crippen LogP contribution in [0.15, 0.2) is 24.3 Å². The largest absolute Gasteiger partial charge is 0.399 e. The van der Waals surface area contributed by atoms with E-state index in [4.69, 9.17) is 20.9 Å². The van der Waals surface area contributed by atoms with Crippen LogP contribution < -0.4 is 11.5 Å². The number of hydrogen-bond donors (Lipinski definition) is 2. The summed E-state index contributed by atoms with van der Waals surface area (Å²) in [5.74, 6) is -0.626. The van der Waals surface area contributed by atoms with E-state index in [1.54, 1.807) is 26.2 Å². The number of methoxy groups -OCH3 is 2. The molecule has 1 saturated heterocycles. The molecule has 1 fully saturated rings. The highest BCUT2D eigenvalue weighted by atomic mass is 16.5. The quantitative estimate of drug-likeness (QED) is 0.190. The Bertz CT molecular complexity index is 1240. The van der Waals surface area contributed by atoms with Crippen LogP contribution in [0.1, 0.15) is 79.7 Å². The molecule has 1 aromatic rings. The number of benzene rings is 1. The molecule has 0 aliphatic carbocycles. The van der Waals surface area contributed by atoms with Crippen molar-refractivity contribution in [1.82, 2.24) is 19.6 Å². The molecule has 1 aliphatic rings. The molecule has 11 heteroatoms. The van der Waals surface area contributed by atoms with Crippen LogP contribution in [0.4, 0.5) is 5.69 Å². The maximum absolute atomic E-state index is 14.4. The summed E-state index contributed by atoms with van der Waals surface area (Å²) in [5, 5.41) is 0. The van der Waals surface area contributed by atoms with Gasteiger partial charge in [-0.3, -0.25) is 14.4 Å². The number of rotatable bonds is 20. The SMILES string of the molecule is CC[C@H](C)[C@@H]([C@@H](CC(=O)N1CCC[C@H]1[C@H](OC)[C@@H](C)C(=O)N(C)CCc1ccccc1N)OC)N(C)C(=O)[C@@H](C(C)C)C(N)[C@@H](C(C)C)N(C)C. The molecule has 292 valence electrons. The molecule has 0 spiro atoms. The van der Waals surface area contributed by atoms with Crippen LogP contribution >= 0.6 is 0 Å². The normalized spacial score (nSPS) is 19.8. The highest BCUT2D eigenvalue weighted by Crippen LogP contribution is 2.31. The first-order valence-corrected chi connectivity index (χ1v) is 19.1. The van der Waals surface area contributed by atoms with Crippen molar-refractivity contribution in [2.45, 2.75) is 117 Å². The van der Waals surface area contributed by atoms with Gasteiger partial charge in [-0.05, 0) is 62.7 Å². The van der Waals surface area contributed by atoms with Crippen LogP contribution in [-0.4, -0.2) is 129 Å². The highest BCUT2D eigenvalue weighted by Gasteiger charge is 2.44. The van der Waals surface area contributed by atoms with E-state index in [2.05, 4.69) is 46.4 Å². The van der Waals surface area contributed by atoms with Crippen LogP contribution in [0, 0.1) is 29.6 Å². The third kappa shape index (κ3) is 11.1. The number of likely N-dealkylation sites (N-methyl/N-ethyl adjacent to an activating group) is 3. The molecular weight excluding hydrogens is 644 g/mol. The number of anilines is 1. The number of para-hydroxylation sites is 1. The van der Waals surface area contributed by atoms with Crippen molar-refractivity contribution < 1.29 is 23.9 Å². The second kappa shape index (κ2) is 20.5. The van der Waals surface area contributed by atoms with Gasteiger partial charge in [-0.25, -0.2) is 0 Å². The van der Waals surface area contributed by atoms with Gasteiger partial charge >= 0.3 is 0 Å². The molecule has 1 unspecified atom stereocenters. The lowest BCUT2D eigenvalue weighted by Crippen LogP contribution is -2.59. The molecule has 0 bridgehead atoms. The summed E-state index contributed by atoms with van der Waals surface area (Å²) < 4.78 is 12.1. The van der Waals surface area contributed by atoms with Crippen LogP contribution in [0.5, 0.6) is 0 Å². The number of hydrogen-bond acceptors (Lipinski definition) is 8. The summed E-state index contributed by atoms with van der Waals surface area (Å²) >= 11 is 0. The molecule has 0 radical (unpaired) electrons. The molecular formula is C40H72N6O5. The molecule has 3 amide bonds. The Hall–Kier alpha value is -2.73. The van der Waals surface area contributed by atoms with Crippen LogP contribution in [0.25, 0.3) is 0 Å². The lowest BCUT2D eigenvalue weighted by Gasteiger charge is -2.43. The molecule has 1 aromatic carbocycles. The van der Waals surface area contributed by atoms with E-state index in [1.165, 1.54) is 0 Å².